The molecule has 5 heteroatoms. The van der Waals surface area contributed by atoms with Gasteiger partial charge >= 0.3 is 0 Å². The molecule has 1 N–H and O–H groups in total. The molecule has 2 aromatic rings. The summed E-state index contributed by atoms with van der Waals surface area (Å²) in [6.07, 6.45) is 2.62. The number of aromatic amines is 1. The van der Waals surface area contributed by atoms with Crippen LogP contribution >= 0.6 is 35.6 Å². The van der Waals surface area contributed by atoms with Crippen molar-refractivity contribution in [1.29, 1.82) is 0 Å². The number of halogens is 1. The first-order valence-corrected chi connectivity index (χ1v) is 7.58. The van der Waals surface area contributed by atoms with E-state index in [-0.39, 0.29) is 0 Å². The third-order valence-electron chi connectivity index (χ3n) is 3.17. The van der Waals surface area contributed by atoms with Crippen molar-refractivity contribution >= 4 is 46.6 Å². The molecule has 90 valence electrons. The Kier molecular flexibility index (Phi) is 3.19. The fraction of sp³-hybridized carbons (Fsp3) is 0.417. The quantitative estimate of drug-likeness (QED) is 0.832. The van der Waals surface area contributed by atoms with Crippen molar-refractivity contribution in [2.24, 2.45) is 0 Å². The number of imidazole rings is 1. The van der Waals surface area contributed by atoms with E-state index < -0.39 is 0 Å². The van der Waals surface area contributed by atoms with Gasteiger partial charge in [0.15, 0.2) is 4.77 Å². The van der Waals surface area contributed by atoms with Gasteiger partial charge in [-0.1, -0.05) is 17.7 Å². The van der Waals surface area contributed by atoms with Gasteiger partial charge in [-0.05, 0) is 42.9 Å². The predicted octanol–water partition coefficient (Wildman–Crippen LogP) is 4.25. The molecule has 1 fully saturated rings. The largest absolute Gasteiger partial charge is 0.329 e. The minimum absolute atomic E-state index is 0.694. The van der Waals surface area contributed by atoms with Gasteiger partial charge in [0.05, 0.1) is 16.1 Å². The molecule has 0 amide bonds. The van der Waals surface area contributed by atoms with Gasteiger partial charge in [0.1, 0.15) is 0 Å². The molecule has 2 heterocycles. The number of rotatable bonds is 2. The van der Waals surface area contributed by atoms with Gasteiger partial charge < -0.3 is 9.55 Å². The van der Waals surface area contributed by atoms with E-state index in [1.54, 1.807) is 0 Å². The summed E-state index contributed by atoms with van der Waals surface area (Å²) in [7, 11) is 0. The van der Waals surface area contributed by atoms with E-state index in [1.807, 2.05) is 23.9 Å². The second kappa shape index (κ2) is 4.67. The van der Waals surface area contributed by atoms with E-state index in [0.29, 0.717) is 5.25 Å². The van der Waals surface area contributed by atoms with Crippen molar-refractivity contribution in [3.05, 3.63) is 28.0 Å². The van der Waals surface area contributed by atoms with Crippen LogP contribution in [0.3, 0.4) is 0 Å². The van der Waals surface area contributed by atoms with E-state index >= 15 is 0 Å². The fourth-order valence-electron chi connectivity index (χ4n) is 2.32. The lowest BCUT2D eigenvalue weighted by atomic mass is 10.2. The van der Waals surface area contributed by atoms with Crippen molar-refractivity contribution < 1.29 is 0 Å². The topological polar surface area (TPSA) is 20.7 Å². The molecular weight excluding hydrogens is 272 g/mol. The molecule has 17 heavy (non-hydrogen) atoms. The summed E-state index contributed by atoms with van der Waals surface area (Å²) in [5, 5.41) is 1.44. The lowest BCUT2D eigenvalue weighted by Gasteiger charge is -2.10. The molecule has 0 bridgehead atoms. The van der Waals surface area contributed by atoms with Gasteiger partial charge in [-0.2, -0.15) is 11.8 Å². The first-order valence-electron chi connectivity index (χ1n) is 5.74. The number of hydrogen-bond acceptors (Lipinski definition) is 2. The molecule has 1 saturated heterocycles. The average molecular weight is 285 g/mol. The SMILES string of the molecule is S=c1[nH]c2c(Cl)cccc2n1CC1CCCS1. The maximum absolute atomic E-state index is 6.16. The zero-order chi connectivity index (χ0) is 11.8. The van der Waals surface area contributed by atoms with Crippen LogP contribution in [0, 0.1) is 4.77 Å². The first-order chi connectivity index (χ1) is 8.25. The molecule has 1 aromatic heterocycles. The van der Waals surface area contributed by atoms with Crippen LogP contribution < -0.4 is 0 Å². The highest BCUT2D eigenvalue weighted by molar-refractivity contribution is 8.00. The van der Waals surface area contributed by atoms with Crippen LogP contribution in [0.25, 0.3) is 11.0 Å². The van der Waals surface area contributed by atoms with Gasteiger partial charge in [-0.3, -0.25) is 0 Å². The highest BCUT2D eigenvalue weighted by atomic mass is 35.5. The number of aromatic nitrogens is 2. The Labute approximate surface area is 114 Å². The smallest absolute Gasteiger partial charge is 0.178 e. The summed E-state index contributed by atoms with van der Waals surface area (Å²) in [5.41, 5.74) is 2.08. The zero-order valence-corrected chi connectivity index (χ0v) is 11.7. The number of H-pyrrole nitrogens is 1. The Balaban J connectivity index is 2.06. The second-order valence-electron chi connectivity index (χ2n) is 4.31. The van der Waals surface area contributed by atoms with Crippen LogP contribution in [0.5, 0.6) is 0 Å². The predicted molar refractivity (Wildman–Crippen MR) is 77.6 cm³/mol. The molecule has 0 saturated carbocycles. The van der Waals surface area contributed by atoms with Crippen molar-refractivity contribution in [2.75, 3.05) is 5.75 Å². The molecule has 0 aliphatic carbocycles. The van der Waals surface area contributed by atoms with Crippen LogP contribution in [-0.4, -0.2) is 20.6 Å². The van der Waals surface area contributed by atoms with E-state index in [2.05, 4.69) is 15.6 Å². The van der Waals surface area contributed by atoms with Crippen molar-refractivity contribution in [1.82, 2.24) is 9.55 Å². The lowest BCUT2D eigenvalue weighted by Crippen LogP contribution is -2.09. The van der Waals surface area contributed by atoms with Crippen LogP contribution in [0.15, 0.2) is 18.2 Å². The standard InChI is InChI=1S/C12H13ClN2S2/c13-9-4-1-5-10-11(9)14-12(16)15(10)7-8-3-2-6-17-8/h1,4-5,8H,2-3,6-7H2,(H,14,16). The number of thioether (sulfide) groups is 1. The normalized spacial score (nSPS) is 20.2. The van der Waals surface area contributed by atoms with Crippen molar-refractivity contribution in [3.8, 4) is 0 Å². The third kappa shape index (κ3) is 2.14. The fourth-order valence-corrected chi connectivity index (χ4v) is 4.06. The Hall–Kier alpha value is -0.450. The highest BCUT2D eigenvalue weighted by Crippen LogP contribution is 2.29. The number of nitrogens with zero attached hydrogens (tertiary/aromatic N) is 1. The van der Waals surface area contributed by atoms with Crippen LogP contribution in [-0.2, 0) is 6.54 Å². The zero-order valence-electron chi connectivity index (χ0n) is 9.28. The number of fused-ring (bicyclic) bond motifs is 1. The summed E-state index contributed by atoms with van der Waals surface area (Å²) in [6, 6.07) is 5.95. The van der Waals surface area contributed by atoms with E-state index in [4.69, 9.17) is 23.8 Å². The molecule has 1 aromatic carbocycles. The highest BCUT2D eigenvalue weighted by Gasteiger charge is 2.18. The Morgan fingerprint density at radius 2 is 2.41 bits per heavy atom. The number of para-hydroxylation sites is 1. The first kappa shape index (κ1) is 11.6. The monoisotopic (exact) mass is 284 g/mol. The van der Waals surface area contributed by atoms with Gasteiger partial charge in [0.25, 0.3) is 0 Å². The van der Waals surface area contributed by atoms with Crippen LogP contribution in [0.1, 0.15) is 12.8 Å². The molecule has 0 radical (unpaired) electrons. The van der Waals surface area contributed by atoms with E-state index in [1.165, 1.54) is 18.6 Å². The molecule has 1 atom stereocenters. The third-order valence-corrected chi connectivity index (χ3v) is 5.19. The number of hydrogen-bond donors (Lipinski definition) is 1. The number of nitrogens with one attached hydrogen (secondary N) is 1. The van der Waals surface area contributed by atoms with Crippen LogP contribution in [0.2, 0.25) is 5.02 Å². The van der Waals surface area contributed by atoms with Gasteiger partial charge in [-0.25, -0.2) is 0 Å². The number of benzene rings is 1. The Bertz CT molecular complexity index is 596. The lowest BCUT2D eigenvalue weighted by molar-refractivity contribution is 0.645. The molecule has 3 rings (SSSR count). The summed E-state index contributed by atoms with van der Waals surface area (Å²) < 4.78 is 2.96. The summed E-state index contributed by atoms with van der Waals surface area (Å²) in [4.78, 5) is 3.21. The maximum Gasteiger partial charge on any atom is 0.178 e. The van der Waals surface area contributed by atoms with Crippen molar-refractivity contribution in [2.45, 2.75) is 24.6 Å². The summed E-state index contributed by atoms with van der Waals surface area (Å²) >= 11 is 13.6. The Morgan fingerprint density at radius 3 is 3.18 bits per heavy atom. The van der Waals surface area contributed by atoms with Gasteiger partial charge in [-0.15, -0.1) is 0 Å². The molecule has 0 spiro atoms. The van der Waals surface area contributed by atoms with Crippen LogP contribution in [0.4, 0.5) is 0 Å². The molecule has 1 aliphatic rings. The second-order valence-corrected chi connectivity index (χ2v) is 6.51. The molecule has 1 aliphatic heterocycles. The minimum Gasteiger partial charge on any atom is -0.329 e. The van der Waals surface area contributed by atoms with Crippen molar-refractivity contribution in [3.63, 3.8) is 0 Å². The average Bonchev–Trinajstić information content (AvgIpc) is 2.91. The molecular formula is C12H13ClN2S2. The summed E-state index contributed by atoms with van der Waals surface area (Å²) in [5.74, 6) is 1.28. The molecule has 1 unspecified atom stereocenters. The molecule has 2 nitrogen and oxygen atoms in total. The Morgan fingerprint density at radius 1 is 1.53 bits per heavy atom. The maximum atomic E-state index is 6.16. The summed E-state index contributed by atoms with van der Waals surface area (Å²) in [6.45, 7) is 0.990. The van der Waals surface area contributed by atoms with Gasteiger partial charge in [0.2, 0.25) is 0 Å². The van der Waals surface area contributed by atoms with E-state index in [9.17, 15) is 0 Å². The van der Waals surface area contributed by atoms with E-state index in [0.717, 1.165) is 27.4 Å². The minimum atomic E-state index is 0.694. The van der Waals surface area contributed by atoms with Gasteiger partial charge in [0, 0.05) is 11.8 Å².